The quantitative estimate of drug-likeness (QED) is 0.674. The number of ketones is 1. The molecule has 0 atom stereocenters. The molecule has 0 aromatic carbocycles. The molecule has 1 aromatic rings. The molecule has 0 saturated carbocycles. The predicted molar refractivity (Wildman–Crippen MR) is 44.8 cm³/mol. The van der Waals surface area contributed by atoms with Crippen molar-refractivity contribution in [2.24, 2.45) is 0 Å². The number of hydrogen-bond donors (Lipinski definition) is 0. The van der Waals surface area contributed by atoms with E-state index < -0.39 is 0 Å². The number of rotatable bonds is 3. The second-order valence-electron chi connectivity index (χ2n) is 3.09. The summed E-state index contributed by atoms with van der Waals surface area (Å²) in [6.45, 7) is 5.58. The van der Waals surface area contributed by atoms with Gasteiger partial charge in [-0.2, -0.15) is 5.10 Å². The van der Waals surface area contributed by atoms with E-state index in [0.29, 0.717) is 6.42 Å². The molecule has 4 nitrogen and oxygen atoms in total. The fraction of sp³-hybridized carbons (Fsp3) is 0.625. The number of nitrogens with zero attached hydrogens (tertiary/aromatic N) is 3. The fourth-order valence-corrected chi connectivity index (χ4v) is 1.05. The molecule has 0 radical (unpaired) electrons. The fourth-order valence-electron chi connectivity index (χ4n) is 1.05. The summed E-state index contributed by atoms with van der Waals surface area (Å²) >= 11 is 0. The molecule has 1 rings (SSSR count). The third-order valence-corrected chi connectivity index (χ3v) is 1.54. The maximum atomic E-state index is 10.8. The van der Waals surface area contributed by atoms with Crippen LogP contribution in [0.5, 0.6) is 0 Å². The first-order valence-electron chi connectivity index (χ1n) is 3.99. The van der Waals surface area contributed by atoms with E-state index in [1.165, 1.54) is 6.33 Å². The Hall–Kier alpha value is -1.19. The molecule has 0 fully saturated rings. The standard InChI is InChI=1S/C8H13N3O/c1-6(2)11-8(4-7(3)12)9-5-10-11/h5-6H,4H2,1-3H3. The molecule has 0 aliphatic carbocycles. The molecule has 0 amide bonds. The van der Waals surface area contributed by atoms with E-state index in [1.807, 2.05) is 13.8 Å². The predicted octanol–water partition coefficient (Wildman–Crippen LogP) is 0.990. The smallest absolute Gasteiger partial charge is 0.138 e. The summed E-state index contributed by atoms with van der Waals surface area (Å²) in [4.78, 5) is 14.8. The Bertz CT molecular complexity index is 278. The van der Waals surface area contributed by atoms with Crippen molar-refractivity contribution in [1.29, 1.82) is 0 Å². The lowest BCUT2D eigenvalue weighted by Gasteiger charge is -2.07. The Morgan fingerprint density at radius 3 is 2.83 bits per heavy atom. The molecule has 0 aliphatic rings. The van der Waals surface area contributed by atoms with Crippen LogP contribution < -0.4 is 0 Å². The lowest BCUT2D eigenvalue weighted by molar-refractivity contribution is -0.116. The molecule has 66 valence electrons. The van der Waals surface area contributed by atoms with Gasteiger partial charge in [-0.05, 0) is 20.8 Å². The van der Waals surface area contributed by atoms with Crippen LogP contribution in [0.4, 0.5) is 0 Å². The van der Waals surface area contributed by atoms with Gasteiger partial charge in [-0.3, -0.25) is 4.79 Å². The highest BCUT2D eigenvalue weighted by Crippen LogP contribution is 2.05. The van der Waals surface area contributed by atoms with E-state index in [4.69, 9.17) is 0 Å². The topological polar surface area (TPSA) is 47.8 Å². The third-order valence-electron chi connectivity index (χ3n) is 1.54. The van der Waals surface area contributed by atoms with Gasteiger partial charge in [-0.15, -0.1) is 0 Å². The van der Waals surface area contributed by atoms with Crippen molar-refractivity contribution in [3.8, 4) is 0 Å². The van der Waals surface area contributed by atoms with E-state index in [0.717, 1.165) is 5.82 Å². The summed E-state index contributed by atoms with van der Waals surface area (Å²) in [7, 11) is 0. The van der Waals surface area contributed by atoms with Gasteiger partial charge >= 0.3 is 0 Å². The maximum absolute atomic E-state index is 10.8. The zero-order valence-corrected chi connectivity index (χ0v) is 7.61. The number of carbonyl (C=O) groups is 1. The monoisotopic (exact) mass is 167 g/mol. The Labute approximate surface area is 71.6 Å². The van der Waals surface area contributed by atoms with Crippen molar-refractivity contribution in [2.75, 3.05) is 0 Å². The average molecular weight is 167 g/mol. The second-order valence-corrected chi connectivity index (χ2v) is 3.09. The molecule has 0 N–H and O–H groups in total. The third kappa shape index (κ3) is 1.90. The van der Waals surface area contributed by atoms with Gasteiger partial charge in [-0.25, -0.2) is 9.67 Å². The molecular weight excluding hydrogens is 154 g/mol. The Morgan fingerprint density at radius 2 is 2.33 bits per heavy atom. The molecule has 4 heteroatoms. The van der Waals surface area contributed by atoms with Crippen molar-refractivity contribution in [1.82, 2.24) is 14.8 Å². The zero-order valence-electron chi connectivity index (χ0n) is 7.61. The van der Waals surface area contributed by atoms with Gasteiger partial charge < -0.3 is 0 Å². The molecule has 1 aromatic heterocycles. The molecule has 0 bridgehead atoms. The van der Waals surface area contributed by atoms with Crippen LogP contribution in [0.1, 0.15) is 32.6 Å². The summed E-state index contributed by atoms with van der Waals surface area (Å²) < 4.78 is 1.77. The second kappa shape index (κ2) is 3.47. The Kier molecular flexibility index (Phi) is 2.58. The minimum atomic E-state index is 0.116. The SMILES string of the molecule is CC(=O)Cc1ncnn1C(C)C. The lowest BCUT2D eigenvalue weighted by Crippen LogP contribution is -2.11. The normalized spacial score (nSPS) is 10.7. The van der Waals surface area contributed by atoms with Gasteiger partial charge in [0.15, 0.2) is 0 Å². The summed E-state index contributed by atoms with van der Waals surface area (Å²) in [6, 6.07) is 0.266. The van der Waals surface area contributed by atoms with Crippen molar-refractivity contribution >= 4 is 5.78 Å². The van der Waals surface area contributed by atoms with Crippen LogP contribution in [0.2, 0.25) is 0 Å². The van der Waals surface area contributed by atoms with E-state index in [-0.39, 0.29) is 11.8 Å². The van der Waals surface area contributed by atoms with Crippen LogP contribution in [-0.4, -0.2) is 20.5 Å². The van der Waals surface area contributed by atoms with Gasteiger partial charge in [0.1, 0.15) is 17.9 Å². The van der Waals surface area contributed by atoms with Crippen molar-refractivity contribution in [3.05, 3.63) is 12.2 Å². The first-order valence-corrected chi connectivity index (χ1v) is 3.99. The first kappa shape index (κ1) is 8.90. The molecule has 0 spiro atoms. The number of aromatic nitrogens is 3. The summed E-state index contributed by atoms with van der Waals surface area (Å²) in [6.07, 6.45) is 1.86. The summed E-state index contributed by atoms with van der Waals surface area (Å²) in [5, 5.41) is 4.02. The molecule has 12 heavy (non-hydrogen) atoms. The van der Waals surface area contributed by atoms with Gasteiger partial charge in [0.05, 0.1) is 6.42 Å². The minimum absolute atomic E-state index is 0.116. The Morgan fingerprint density at radius 1 is 1.67 bits per heavy atom. The van der Waals surface area contributed by atoms with Crippen molar-refractivity contribution < 1.29 is 4.79 Å². The number of Topliss-reactive ketones (excluding diaryl/α,β-unsaturated/α-hetero) is 1. The van der Waals surface area contributed by atoms with Crippen LogP contribution in [-0.2, 0) is 11.2 Å². The maximum Gasteiger partial charge on any atom is 0.138 e. The molecule has 0 saturated heterocycles. The molecule has 0 aliphatic heterocycles. The van der Waals surface area contributed by atoms with Gasteiger partial charge in [0.2, 0.25) is 0 Å². The lowest BCUT2D eigenvalue weighted by atomic mass is 10.3. The van der Waals surface area contributed by atoms with Gasteiger partial charge in [-0.1, -0.05) is 0 Å². The van der Waals surface area contributed by atoms with Crippen LogP contribution >= 0.6 is 0 Å². The number of hydrogen-bond acceptors (Lipinski definition) is 3. The molecule has 0 unspecified atom stereocenters. The number of carbonyl (C=O) groups excluding carboxylic acids is 1. The van der Waals surface area contributed by atoms with Crippen LogP contribution in [0.15, 0.2) is 6.33 Å². The van der Waals surface area contributed by atoms with Crippen LogP contribution in [0.3, 0.4) is 0 Å². The van der Waals surface area contributed by atoms with E-state index >= 15 is 0 Å². The zero-order chi connectivity index (χ0) is 9.14. The minimum Gasteiger partial charge on any atom is -0.300 e. The summed E-state index contributed by atoms with van der Waals surface area (Å²) in [5.74, 6) is 0.863. The summed E-state index contributed by atoms with van der Waals surface area (Å²) in [5.41, 5.74) is 0. The van der Waals surface area contributed by atoms with E-state index in [9.17, 15) is 4.79 Å². The highest BCUT2D eigenvalue weighted by molar-refractivity contribution is 5.77. The van der Waals surface area contributed by atoms with Crippen LogP contribution in [0, 0.1) is 0 Å². The molecule has 1 heterocycles. The van der Waals surface area contributed by atoms with Gasteiger partial charge in [0, 0.05) is 6.04 Å². The average Bonchev–Trinajstić information content (AvgIpc) is 2.33. The first-order chi connectivity index (χ1) is 5.61. The highest BCUT2D eigenvalue weighted by Gasteiger charge is 2.08. The largest absolute Gasteiger partial charge is 0.300 e. The van der Waals surface area contributed by atoms with E-state index in [1.54, 1.807) is 11.6 Å². The van der Waals surface area contributed by atoms with Crippen molar-refractivity contribution in [3.63, 3.8) is 0 Å². The van der Waals surface area contributed by atoms with E-state index in [2.05, 4.69) is 10.1 Å². The van der Waals surface area contributed by atoms with Crippen LogP contribution in [0.25, 0.3) is 0 Å². The Balaban J connectivity index is 2.84. The highest BCUT2D eigenvalue weighted by atomic mass is 16.1. The van der Waals surface area contributed by atoms with Crippen molar-refractivity contribution in [2.45, 2.75) is 33.2 Å². The van der Waals surface area contributed by atoms with Gasteiger partial charge in [0.25, 0.3) is 0 Å². The molecular formula is C8H13N3O.